The van der Waals surface area contributed by atoms with Crippen LogP contribution in [0.1, 0.15) is 129 Å². The van der Waals surface area contributed by atoms with Gasteiger partial charge in [-0.2, -0.15) is 0 Å². The minimum atomic E-state index is -0.480. The van der Waals surface area contributed by atoms with E-state index in [4.69, 9.17) is 4.42 Å². The molecule has 349 valence electrons. The minimum Gasteiger partial charge on any atom is -0.456 e. The normalized spacial score (nSPS) is 18.4. The highest BCUT2D eigenvalue weighted by Gasteiger charge is 2.47. The molecule has 0 aliphatic heterocycles. The molecule has 1 unspecified atom stereocenters. The van der Waals surface area contributed by atoms with E-state index in [9.17, 15) is 0 Å². The minimum absolute atomic E-state index is 0.139. The van der Waals surface area contributed by atoms with Crippen molar-refractivity contribution >= 4 is 43.5 Å². The molecule has 0 fully saturated rings. The molecule has 1 atom stereocenters. The highest BCUT2D eigenvalue weighted by atomic mass is 16.3. The molecule has 0 N–H and O–H groups in total. The Hall–Kier alpha value is -7.70. The summed E-state index contributed by atoms with van der Waals surface area (Å²) in [4.78, 5) is 0. The highest BCUT2D eigenvalue weighted by molar-refractivity contribution is 6.22. The summed E-state index contributed by atoms with van der Waals surface area (Å²) >= 11 is 0. The summed E-state index contributed by atoms with van der Waals surface area (Å²) in [5.74, 6) is 0. The molecule has 10 aromatic rings. The molecule has 16 rings (SSSR count). The van der Waals surface area contributed by atoms with Crippen molar-refractivity contribution in [1.82, 2.24) is 0 Å². The number of allylic oxidation sites excluding steroid dienone is 5. The average molecular weight is 936 g/mol. The Kier molecular flexibility index (Phi) is 7.62. The SMILES string of the molecule is CC1(C)c2cc(C(C)(C3=CC=C=CC=C3)c3ccc4c(c3)C(C)(C)c3cc5c(cc3-4)C(C)(C)c3ccc4c6c(c7ccccc7c4c3-5)[CH]6)ccc2-c2cc3c(cc21)-c1c(ccc2oc4ccccc4c12)C3(C)C. The summed E-state index contributed by atoms with van der Waals surface area (Å²) in [5.41, 5.74) is 32.8. The fourth-order valence-corrected chi connectivity index (χ4v) is 15.2. The van der Waals surface area contributed by atoms with Crippen molar-refractivity contribution in [2.75, 3.05) is 0 Å². The van der Waals surface area contributed by atoms with E-state index in [1.54, 1.807) is 0 Å². The van der Waals surface area contributed by atoms with Crippen LogP contribution in [-0.4, -0.2) is 0 Å². The van der Waals surface area contributed by atoms with Crippen LogP contribution >= 0.6 is 0 Å². The lowest BCUT2D eigenvalue weighted by molar-refractivity contribution is 0.638. The van der Waals surface area contributed by atoms with Gasteiger partial charge in [0.2, 0.25) is 0 Å². The monoisotopic (exact) mass is 935 g/mol. The van der Waals surface area contributed by atoms with Crippen molar-refractivity contribution in [1.29, 1.82) is 0 Å². The second-order valence-electron chi connectivity index (χ2n) is 24.4. The summed E-state index contributed by atoms with van der Waals surface area (Å²) in [6, 6.07) is 52.1. The average Bonchev–Trinajstić information content (AvgIpc) is 3.98. The van der Waals surface area contributed by atoms with Crippen LogP contribution in [-0.2, 0) is 27.1 Å². The highest BCUT2D eigenvalue weighted by Crippen LogP contribution is 2.62. The molecule has 0 saturated heterocycles. The van der Waals surface area contributed by atoms with Crippen LogP contribution in [0, 0.1) is 6.42 Å². The number of fused-ring (bicyclic) bond motifs is 23. The van der Waals surface area contributed by atoms with Crippen molar-refractivity contribution < 1.29 is 4.42 Å². The maximum Gasteiger partial charge on any atom is 0.136 e. The standard InChI is InChI=1S/C72H55O/c1-68(2)54-29-28-46-49-34-48(49)42-20-14-15-21-45(42)64(46)65(54)52-37-58-50(35-60(52)68)43-26-24-40(32-56(43)70(58,5)6)72(9,39-18-12-10-11-13-19-39)41-25-27-44-51-36-61-53(38-59(51)71(7,8)57(44)33-41)66-55(69(61,3)4)30-31-63-67(66)47-22-16-17-23-62(47)73-63/h10,12-38H,1-9H3. The first-order valence-corrected chi connectivity index (χ1v) is 26.4. The number of hydrogen-bond acceptors (Lipinski definition) is 1. The topological polar surface area (TPSA) is 13.1 Å². The molecule has 1 heteroatoms. The van der Waals surface area contributed by atoms with Crippen LogP contribution < -0.4 is 0 Å². The third kappa shape index (κ3) is 5.01. The Balaban J connectivity index is 0.844. The van der Waals surface area contributed by atoms with Crippen LogP contribution in [0.15, 0.2) is 180 Å². The first-order chi connectivity index (χ1) is 35.1. The zero-order valence-electron chi connectivity index (χ0n) is 43.1. The van der Waals surface area contributed by atoms with Gasteiger partial charge in [0.05, 0.1) is 0 Å². The molecule has 1 radical (unpaired) electrons. The second-order valence-corrected chi connectivity index (χ2v) is 24.4. The Labute approximate surface area is 427 Å². The molecule has 6 aliphatic carbocycles. The van der Waals surface area contributed by atoms with E-state index in [1.807, 2.05) is 6.08 Å². The first-order valence-electron chi connectivity index (χ1n) is 26.4. The fourth-order valence-electron chi connectivity index (χ4n) is 15.2. The van der Waals surface area contributed by atoms with Gasteiger partial charge in [0.15, 0.2) is 0 Å². The number of benzene rings is 9. The Morgan fingerprint density at radius 1 is 0.411 bits per heavy atom. The predicted octanol–water partition coefficient (Wildman–Crippen LogP) is 18.5. The van der Waals surface area contributed by atoms with Crippen LogP contribution in [0.2, 0.25) is 0 Å². The molecule has 0 spiro atoms. The van der Waals surface area contributed by atoms with Gasteiger partial charge < -0.3 is 4.42 Å². The Morgan fingerprint density at radius 2 is 0.918 bits per heavy atom. The molecule has 1 heterocycles. The van der Waals surface area contributed by atoms with Gasteiger partial charge in [-0.25, -0.2) is 0 Å². The van der Waals surface area contributed by atoms with E-state index in [1.165, 1.54) is 149 Å². The largest absolute Gasteiger partial charge is 0.456 e. The Morgan fingerprint density at radius 3 is 1.56 bits per heavy atom. The first kappa shape index (κ1) is 41.9. The number of para-hydroxylation sites is 1. The van der Waals surface area contributed by atoms with Gasteiger partial charge in [-0.1, -0.05) is 171 Å². The summed E-state index contributed by atoms with van der Waals surface area (Å²) in [6.07, 6.45) is 13.3. The van der Waals surface area contributed by atoms with E-state index in [-0.39, 0.29) is 21.7 Å². The maximum absolute atomic E-state index is 6.48. The van der Waals surface area contributed by atoms with E-state index in [0.717, 1.165) is 11.2 Å². The number of rotatable bonds is 3. The van der Waals surface area contributed by atoms with Crippen molar-refractivity contribution in [2.24, 2.45) is 0 Å². The summed E-state index contributed by atoms with van der Waals surface area (Å²) < 4.78 is 6.48. The predicted molar refractivity (Wildman–Crippen MR) is 304 cm³/mol. The van der Waals surface area contributed by atoms with Gasteiger partial charge >= 0.3 is 0 Å². The van der Waals surface area contributed by atoms with Crippen molar-refractivity contribution in [3.8, 4) is 44.5 Å². The molecular weight excluding hydrogens is 881 g/mol. The molecular formula is C72H55O. The lowest BCUT2D eigenvalue weighted by Crippen LogP contribution is -2.27. The quantitative estimate of drug-likeness (QED) is 0.127. The van der Waals surface area contributed by atoms with Gasteiger partial charge in [0.1, 0.15) is 11.2 Å². The summed E-state index contributed by atoms with van der Waals surface area (Å²) in [5, 5.41) is 7.96. The summed E-state index contributed by atoms with van der Waals surface area (Å²) in [6.45, 7) is 21.9. The van der Waals surface area contributed by atoms with Crippen LogP contribution in [0.4, 0.5) is 0 Å². The zero-order valence-corrected chi connectivity index (χ0v) is 43.1. The molecule has 9 aromatic carbocycles. The molecule has 1 nitrogen and oxygen atoms in total. The van der Waals surface area contributed by atoms with E-state index >= 15 is 0 Å². The summed E-state index contributed by atoms with van der Waals surface area (Å²) in [7, 11) is 0. The second kappa shape index (κ2) is 13.3. The molecule has 0 bridgehead atoms. The third-order valence-corrected chi connectivity index (χ3v) is 19.4. The van der Waals surface area contributed by atoms with E-state index < -0.39 is 5.41 Å². The fraction of sp³-hybridized carbons (Fsp3) is 0.194. The van der Waals surface area contributed by atoms with Crippen LogP contribution in [0.25, 0.3) is 88.0 Å². The lowest BCUT2D eigenvalue weighted by atomic mass is 9.68. The third-order valence-electron chi connectivity index (χ3n) is 19.4. The number of furan rings is 1. The molecule has 0 saturated carbocycles. The zero-order chi connectivity index (χ0) is 49.5. The van der Waals surface area contributed by atoms with Crippen molar-refractivity contribution in [3.05, 3.63) is 248 Å². The van der Waals surface area contributed by atoms with Gasteiger partial charge in [0, 0.05) is 44.3 Å². The van der Waals surface area contributed by atoms with Gasteiger partial charge in [-0.05, 0) is 194 Å². The lowest BCUT2D eigenvalue weighted by Gasteiger charge is -2.35. The van der Waals surface area contributed by atoms with Gasteiger partial charge in [-0.15, -0.1) is 5.73 Å². The van der Waals surface area contributed by atoms with Crippen molar-refractivity contribution in [2.45, 2.75) is 89.4 Å². The maximum atomic E-state index is 6.48. The molecule has 73 heavy (non-hydrogen) atoms. The molecule has 0 amide bonds. The van der Waals surface area contributed by atoms with Crippen LogP contribution in [0.5, 0.6) is 0 Å². The van der Waals surface area contributed by atoms with Gasteiger partial charge in [-0.3, -0.25) is 0 Å². The van der Waals surface area contributed by atoms with Crippen molar-refractivity contribution in [3.63, 3.8) is 0 Å². The smallest absolute Gasteiger partial charge is 0.136 e. The molecule has 1 aromatic heterocycles. The molecule has 6 aliphatic rings. The van der Waals surface area contributed by atoms with Crippen LogP contribution in [0.3, 0.4) is 0 Å². The number of hydrogen-bond donors (Lipinski definition) is 0. The van der Waals surface area contributed by atoms with E-state index in [0.29, 0.717) is 0 Å². The van der Waals surface area contributed by atoms with Gasteiger partial charge in [0.25, 0.3) is 0 Å². The Bertz CT molecular complexity index is 4440. The van der Waals surface area contributed by atoms with E-state index in [2.05, 4.69) is 232 Å².